The van der Waals surface area contributed by atoms with Crippen LogP contribution < -0.4 is 18.9 Å². The van der Waals surface area contributed by atoms with E-state index in [0.29, 0.717) is 0 Å². The average molecular weight is 80.1 g/mol. The fourth-order valence-corrected chi connectivity index (χ4v) is 0. The van der Waals surface area contributed by atoms with Gasteiger partial charge in [-0.3, -0.25) is 0 Å². The first-order valence-electron chi connectivity index (χ1n) is 2.27. The van der Waals surface area contributed by atoms with E-state index in [4.69, 9.17) is 0 Å². The van der Waals surface area contributed by atoms with E-state index in [0.717, 1.165) is 5.92 Å². The van der Waals surface area contributed by atoms with Crippen molar-refractivity contribution in [2.75, 3.05) is 0 Å². The van der Waals surface area contributed by atoms with Crippen LogP contribution in [0, 0.1) is 5.92 Å². The minimum Gasteiger partial charge on any atom is -1.00 e. The molecular formula is C5H13Li. The van der Waals surface area contributed by atoms with Crippen LogP contribution in [-0.2, 0) is 0 Å². The van der Waals surface area contributed by atoms with Gasteiger partial charge in [0.05, 0.1) is 0 Å². The second-order valence-electron chi connectivity index (χ2n) is 1.80. The molecule has 0 saturated heterocycles. The molecule has 0 N–H and O–H groups in total. The van der Waals surface area contributed by atoms with E-state index in [-0.39, 0.29) is 20.3 Å². The van der Waals surface area contributed by atoms with Gasteiger partial charge in [-0.25, -0.2) is 0 Å². The predicted octanol–water partition coefficient (Wildman–Crippen LogP) is -0.831. The van der Waals surface area contributed by atoms with Gasteiger partial charge in [-0.15, -0.1) is 0 Å². The van der Waals surface area contributed by atoms with E-state index < -0.39 is 0 Å². The summed E-state index contributed by atoms with van der Waals surface area (Å²) in [6, 6.07) is 0. The summed E-state index contributed by atoms with van der Waals surface area (Å²) in [5.74, 6) is 0.884. The second kappa shape index (κ2) is 5.60. The van der Waals surface area contributed by atoms with Crippen molar-refractivity contribution in [1.82, 2.24) is 0 Å². The first-order chi connectivity index (χ1) is 2.27. The van der Waals surface area contributed by atoms with Gasteiger partial charge in [0, 0.05) is 0 Å². The van der Waals surface area contributed by atoms with Gasteiger partial charge in [0.15, 0.2) is 0 Å². The molecule has 0 aliphatic carbocycles. The van der Waals surface area contributed by atoms with Gasteiger partial charge in [0.25, 0.3) is 0 Å². The molecule has 0 heterocycles. The van der Waals surface area contributed by atoms with Crippen LogP contribution in [0.4, 0.5) is 0 Å². The molecule has 0 bridgehead atoms. The van der Waals surface area contributed by atoms with Gasteiger partial charge in [-0.05, 0) is 5.92 Å². The third kappa shape index (κ3) is 8.82. The Morgan fingerprint density at radius 2 is 1.67 bits per heavy atom. The van der Waals surface area contributed by atoms with E-state index in [1.807, 2.05) is 0 Å². The van der Waals surface area contributed by atoms with Crippen LogP contribution in [-0.4, -0.2) is 0 Å². The molecule has 0 nitrogen and oxygen atoms in total. The Kier molecular flexibility index (Phi) is 9.12. The first-order valence-corrected chi connectivity index (χ1v) is 2.27. The quantitative estimate of drug-likeness (QED) is 0.361. The second-order valence-corrected chi connectivity index (χ2v) is 1.80. The van der Waals surface area contributed by atoms with Crippen molar-refractivity contribution in [2.24, 2.45) is 5.92 Å². The summed E-state index contributed by atoms with van der Waals surface area (Å²) in [6.07, 6.45) is 1.31. The molecule has 0 radical (unpaired) electrons. The molecule has 0 amide bonds. The van der Waals surface area contributed by atoms with Crippen molar-refractivity contribution in [3.05, 3.63) is 0 Å². The van der Waals surface area contributed by atoms with Crippen LogP contribution in [0.1, 0.15) is 28.6 Å². The maximum Gasteiger partial charge on any atom is 1.00 e. The van der Waals surface area contributed by atoms with Crippen LogP contribution in [0.15, 0.2) is 0 Å². The molecule has 0 saturated carbocycles. The van der Waals surface area contributed by atoms with Crippen molar-refractivity contribution >= 4 is 0 Å². The molecule has 0 aliphatic rings. The van der Waals surface area contributed by atoms with Crippen LogP contribution in [0.25, 0.3) is 0 Å². The van der Waals surface area contributed by atoms with Crippen LogP contribution >= 0.6 is 0 Å². The van der Waals surface area contributed by atoms with Gasteiger partial charge in [0.1, 0.15) is 0 Å². The number of rotatable bonds is 1. The first kappa shape index (κ1) is 9.78. The Balaban J connectivity index is -0.0000000800. The van der Waals surface area contributed by atoms with E-state index in [1.165, 1.54) is 6.42 Å². The van der Waals surface area contributed by atoms with E-state index in [9.17, 15) is 0 Å². The maximum absolute atomic E-state index is 2.22. The Bertz CT molecular complexity index is 22.0. The molecular weight excluding hydrogens is 67.0 g/mol. The monoisotopic (exact) mass is 80.1 g/mol. The Morgan fingerprint density at radius 3 is 1.67 bits per heavy atom. The molecule has 0 aromatic rings. The minimum absolute atomic E-state index is 0. The summed E-state index contributed by atoms with van der Waals surface area (Å²) in [5, 5.41) is 0. The molecule has 0 aromatic heterocycles. The Morgan fingerprint density at radius 1 is 1.50 bits per heavy atom. The van der Waals surface area contributed by atoms with Crippen molar-refractivity contribution in [2.45, 2.75) is 27.2 Å². The zero-order valence-corrected chi connectivity index (χ0v) is 5.28. The topological polar surface area (TPSA) is 0 Å². The minimum atomic E-state index is 0. The van der Waals surface area contributed by atoms with Gasteiger partial charge in [-0.2, -0.15) is 0 Å². The molecule has 0 fully saturated rings. The maximum atomic E-state index is 2.22. The summed E-state index contributed by atoms with van der Waals surface area (Å²) < 4.78 is 0. The summed E-state index contributed by atoms with van der Waals surface area (Å²) >= 11 is 0. The predicted molar refractivity (Wildman–Crippen MR) is 26.2 cm³/mol. The molecule has 0 unspecified atom stereocenters. The van der Waals surface area contributed by atoms with Gasteiger partial charge in [-0.1, -0.05) is 27.2 Å². The summed E-state index contributed by atoms with van der Waals surface area (Å²) in [4.78, 5) is 0. The Hall–Kier alpha value is 0.597. The SMILES string of the molecule is CCC(C)C.[H-].[Li+]. The number of hydrogen-bond donors (Lipinski definition) is 0. The molecule has 0 atom stereocenters. The molecule has 6 heavy (non-hydrogen) atoms. The standard InChI is InChI=1S/C5H12.Li.H/c1-4-5(2)3;;/h5H,4H2,1-3H3;;/q;+1;-1. The normalized spacial score (nSPS) is 8.00. The fraction of sp³-hybridized carbons (Fsp3) is 1.00. The average Bonchev–Trinajstić information content (AvgIpc) is 1.38. The van der Waals surface area contributed by atoms with E-state index in [2.05, 4.69) is 20.8 Å². The van der Waals surface area contributed by atoms with Crippen molar-refractivity contribution < 1.29 is 20.3 Å². The largest absolute Gasteiger partial charge is 1.00 e. The fourth-order valence-electron chi connectivity index (χ4n) is 0. The third-order valence-corrected chi connectivity index (χ3v) is 0.816. The third-order valence-electron chi connectivity index (χ3n) is 0.816. The van der Waals surface area contributed by atoms with Crippen LogP contribution in [0.2, 0.25) is 0 Å². The Labute approximate surface area is 54.0 Å². The molecule has 34 valence electrons. The summed E-state index contributed by atoms with van der Waals surface area (Å²) in [5.41, 5.74) is 0. The molecule has 0 spiro atoms. The zero-order valence-electron chi connectivity index (χ0n) is 6.28. The van der Waals surface area contributed by atoms with Gasteiger partial charge >= 0.3 is 18.9 Å². The van der Waals surface area contributed by atoms with E-state index >= 15 is 0 Å². The van der Waals surface area contributed by atoms with Gasteiger partial charge < -0.3 is 1.43 Å². The molecule has 1 heteroatoms. The van der Waals surface area contributed by atoms with Gasteiger partial charge in [0.2, 0.25) is 0 Å². The molecule has 0 aromatic carbocycles. The summed E-state index contributed by atoms with van der Waals surface area (Å²) in [6.45, 7) is 6.64. The van der Waals surface area contributed by atoms with Crippen molar-refractivity contribution in [1.29, 1.82) is 0 Å². The van der Waals surface area contributed by atoms with Crippen LogP contribution in [0.3, 0.4) is 0 Å². The van der Waals surface area contributed by atoms with Crippen molar-refractivity contribution in [3.8, 4) is 0 Å². The molecule has 0 aliphatic heterocycles. The zero-order chi connectivity index (χ0) is 4.28. The smallest absolute Gasteiger partial charge is 1.00 e. The van der Waals surface area contributed by atoms with Crippen LogP contribution in [0.5, 0.6) is 0 Å². The summed E-state index contributed by atoms with van der Waals surface area (Å²) in [7, 11) is 0. The molecule has 0 rings (SSSR count). The number of hydrogen-bond acceptors (Lipinski definition) is 0. The van der Waals surface area contributed by atoms with E-state index in [1.54, 1.807) is 0 Å². The van der Waals surface area contributed by atoms with Crippen molar-refractivity contribution in [3.63, 3.8) is 0 Å².